The minimum atomic E-state index is -0.717. The summed E-state index contributed by atoms with van der Waals surface area (Å²) in [7, 11) is 1.81. The van der Waals surface area contributed by atoms with Crippen molar-refractivity contribution in [3.8, 4) is 0 Å². The number of likely N-dealkylation sites (tertiary alicyclic amines) is 1. The standard InChI is InChI=1S/C23H37N5O4/c1-16-21(17(2)25-15-24-16)28(22(30)32-23(3,4)5)31-14-20(29)26(6)19-9-11-27(12-10-19)13-18-7-8-18/h15,18-19H,7-14H2,1-6H3. The molecule has 0 N–H and O–H groups in total. The Morgan fingerprint density at radius 3 is 2.22 bits per heavy atom. The number of amides is 2. The van der Waals surface area contributed by atoms with Gasteiger partial charge in [0.15, 0.2) is 6.61 Å². The average molecular weight is 448 g/mol. The molecule has 1 aromatic rings. The first-order valence-electron chi connectivity index (χ1n) is 11.5. The molecule has 1 saturated heterocycles. The Balaban J connectivity index is 1.62. The van der Waals surface area contributed by atoms with Crippen LogP contribution in [0.4, 0.5) is 10.5 Å². The summed E-state index contributed by atoms with van der Waals surface area (Å²) in [6.45, 7) is 11.8. The Morgan fingerprint density at radius 1 is 1.09 bits per heavy atom. The van der Waals surface area contributed by atoms with Crippen LogP contribution in [0.1, 0.15) is 57.8 Å². The summed E-state index contributed by atoms with van der Waals surface area (Å²) in [5, 5.41) is 1.01. The van der Waals surface area contributed by atoms with E-state index in [1.54, 1.807) is 39.5 Å². The van der Waals surface area contributed by atoms with E-state index in [9.17, 15) is 9.59 Å². The number of aromatic nitrogens is 2. The van der Waals surface area contributed by atoms with Gasteiger partial charge in [0.2, 0.25) is 0 Å². The third-order valence-electron chi connectivity index (χ3n) is 5.98. The second-order valence-electron chi connectivity index (χ2n) is 9.92. The van der Waals surface area contributed by atoms with E-state index in [2.05, 4.69) is 14.9 Å². The summed E-state index contributed by atoms with van der Waals surface area (Å²) in [6, 6.07) is 0.181. The fraction of sp³-hybridized carbons (Fsp3) is 0.739. The summed E-state index contributed by atoms with van der Waals surface area (Å²) >= 11 is 0. The second kappa shape index (κ2) is 10.1. The lowest BCUT2D eigenvalue weighted by Gasteiger charge is -2.37. The molecular weight excluding hydrogens is 410 g/mol. The van der Waals surface area contributed by atoms with Crippen LogP contribution in [0.15, 0.2) is 6.33 Å². The van der Waals surface area contributed by atoms with Crippen LogP contribution in [0.2, 0.25) is 0 Å². The van der Waals surface area contributed by atoms with Crippen molar-refractivity contribution in [3.63, 3.8) is 0 Å². The Kier molecular flexibility index (Phi) is 7.71. The maximum absolute atomic E-state index is 12.9. The minimum absolute atomic E-state index is 0.175. The largest absolute Gasteiger partial charge is 0.442 e. The van der Waals surface area contributed by atoms with Crippen LogP contribution >= 0.6 is 0 Å². The number of piperidine rings is 1. The van der Waals surface area contributed by atoms with Crippen LogP contribution in [0.3, 0.4) is 0 Å². The van der Waals surface area contributed by atoms with Gasteiger partial charge in [-0.25, -0.2) is 14.8 Å². The lowest BCUT2D eigenvalue weighted by Crippen LogP contribution is -2.48. The van der Waals surface area contributed by atoms with Gasteiger partial charge in [-0.1, -0.05) is 0 Å². The second-order valence-corrected chi connectivity index (χ2v) is 9.92. The number of hydrogen-bond donors (Lipinski definition) is 0. The molecule has 1 saturated carbocycles. The molecule has 2 aliphatic rings. The van der Waals surface area contributed by atoms with E-state index in [1.165, 1.54) is 25.7 Å². The third kappa shape index (κ3) is 6.62. The zero-order valence-corrected chi connectivity index (χ0v) is 20.3. The first-order chi connectivity index (χ1) is 15.0. The van der Waals surface area contributed by atoms with Crippen LogP contribution in [-0.2, 0) is 14.4 Å². The Labute approximate surface area is 191 Å². The molecule has 1 aromatic heterocycles. The van der Waals surface area contributed by atoms with Crippen LogP contribution < -0.4 is 5.06 Å². The van der Waals surface area contributed by atoms with Crippen LogP contribution in [0.25, 0.3) is 0 Å². The van der Waals surface area contributed by atoms with Gasteiger partial charge in [0.05, 0.1) is 11.4 Å². The minimum Gasteiger partial charge on any atom is -0.442 e. The lowest BCUT2D eigenvalue weighted by atomic mass is 10.0. The number of likely N-dealkylation sites (N-methyl/N-ethyl adjacent to an activating group) is 1. The van der Waals surface area contributed by atoms with Gasteiger partial charge in [-0.2, -0.15) is 0 Å². The highest BCUT2D eigenvalue weighted by atomic mass is 16.7. The molecule has 1 aliphatic heterocycles. The summed E-state index contributed by atoms with van der Waals surface area (Å²) in [5.74, 6) is 0.707. The molecule has 2 fully saturated rings. The normalized spacial score (nSPS) is 17.8. The third-order valence-corrected chi connectivity index (χ3v) is 5.98. The zero-order valence-electron chi connectivity index (χ0n) is 20.3. The van der Waals surface area contributed by atoms with Crippen molar-refractivity contribution in [1.82, 2.24) is 19.8 Å². The number of carbonyl (C=O) groups excluding carboxylic acids is 2. The molecular formula is C23H37N5O4. The van der Waals surface area contributed by atoms with E-state index in [1.807, 2.05) is 7.05 Å². The molecule has 0 bridgehead atoms. The molecule has 32 heavy (non-hydrogen) atoms. The SMILES string of the molecule is Cc1ncnc(C)c1N(OCC(=O)N(C)C1CCN(CC2CC2)CC1)C(=O)OC(C)(C)C. The monoisotopic (exact) mass is 447 g/mol. The number of hydroxylamine groups is 1. The van der Waals surface area contributed by atoms with Gasteiger partial charge in [-0.15, -0.1) is 5.06 Å². The number of aryl methyl sites for hydroxylation is 2. The number of anilines is 1. The van der Waals surface area contributed by atoms with Crippen molar-refractivity contribution in [2.45, 2.75) is 71.9 Å². The van der Waals surface area contributed by atoms with E-state index >= 15 is 0 Å². The number of hydrogen-bond acceptors (Lipinski definition) is 7. The molecule has 178 valence electrons. The van der Waals surface area contributed by atoms with E-state index in [0.717, 1.165) is 36.9 Å². The number of carbonyl (C=O) groups is 2. The molecule has 3 rings (SSSR count). The molecule has 9 nitrogen and oxygen atoms in total. The van der Waals surface area contributed by atoms with E-state index in [0.29, 0.717) is 17.1 Å². The molecule has 0 unspecified atom stereocenters. The van der Waals surface area contributed by atoms with Gasteiger partial charge >= 0.3 is 6.09 Å². The topological polar surface area (TPSA) is 88.1 Å². The fourth-order valence-corrected chi connectivity index (χ4v) is 3.97. The first kappa shape index (κ1) is 24.4. The number of nitrogens with zero attached hydrogens (tertiary/aromatic N) is 5. The van der Waals surface area contributed by atoms with Crippen molar-refractivity contribution in [2.75, 3.05) is 38.4 Å². The van der Waals surface area contributed by atoms with Gasteiger partial charge in [-0.3, -0.25) is 9.63 Å². The molecule has 0 radical (unpaired) electrons. The quantitative estimate of drug-likeness (QED) is 0.594. The van der Waals surface area contributed by atoms with Crippen LogP contribution in [0.5, 0.6) is 0 Å². The first-order valence-corrected chi connectivity index (χ1v) is 11.5. The average Bonchev–Trinajstić information content (AvgIpc) is 3.52. The predicted octanol–water partition coefficient (Wildman–Crippen LogP) is 3.10. The molecule has 0 aromatic carbocycles. The van der Waals surface area contributed by atoms with E-state index < -0.39 is 11.7 Å². The fourth-order valence-electron chi connectivity index (χ4n) is 3.97. The van der Waals surface area contributed by atoms with Gasteiger partial charge in [0, 0.05) is 32.7 Å². The molecule has 1 aliphatic carbocycles. The summed E-state index contributed by atoms with van der Waals surface area (Å²) < 4.78 is 5.50. The maximum Gasteiger partial charge on any atom is 0.439 e. The van der Waals surface area contributed by atoms with Gasteiger partial charge in [0.1, 0.15) is 17.6 Å². The lowest BCUT2D eigenvalue weighted by molar-refractivity contribution is -0.138. The van der Waals surface area contributed by atoms with E-state index in [-0.39, 0.29) is 18.6 Å². The van der Waals surface area contributed by atoms with Crippen molar-refractivity contribution in [3.05, 3.63) is 17.7 Å². The maximum atomic E-state index is 12.9. The van der Waals surface area contributed by atoms with E-state index in [4.69, 9.17) is 9.57 Å². The molecule has 9 heteroatoms. The van der Waals surface area contributed by atoms with Gasteiger partial charge in [-0.05, 0) is 66.2 Å². The van der Waals surface area contributed by atoms with Gasteiger partial charge < -0.3 is 14.5 Å². The molecule has 2 amide bonds. The van der Waals surface area contributed by atoms with Crippen molar-refractivity contribution >= 4 is 17.7 Å². The highest BCUT2D eigenvalue weighted by Crippen LogP contribution is 2.31. The molecule has 2 heterocycles. The summed E-state index contributed by atoms with van der Waals surface area (Å²) in [5.41, 5.74) is 0.802. The Morgan fingerprint density at radius 2 is 1.69 bits per heavy atom. The van der Waals surface area contributed by atoms with Crippen molar-refractivity contribution in [2.24, 2.45) is 5.92 Å². The number of ether oxygens (including phenoxy) is 1. The summed E-state index contributed by atoms with van der Waals surface area (Å²) in [4.78, 5) is 44.1. The van der Waals surface area contributed by atoms with Crippen molar-refractivity contribution < 1.29 is 19.2 Å². The van der Waals surface area contributed by atoms with Crippen molar-refractivity contribution in [1.29, 1.82) is 0 Å². The highest BCUT2D eigenvalue weighted by Gasteiger charge is 2.32. The molecule has 0 spiro atoms. The Hall–Kier alpha value is -2.26. The smallest absolute Gasteiger partial charge is 0.439 e. The van der Waals surface area contributed by atoms with Crippen LogP contribution in [-0.4, -0.2) is 76.7 Å². The molecule has 0 atom stereocenters. The zero-order chi connectivity index (χ0) is 23.5. The van der Waals surface area contributed by atoms with Crippen LogP contribution in [0, 0.1) is 19.8 Å². The number of rotatable bonds is 7. The Bertz CT molecular complexity index is 793. The summed E-state index contributed by atoms with van der Waals surface area (Å²) in [6.07, 6.45) is 5.34. The van der Waals surface area contributed by atoms with Gasteiger partial charge in [0.25, 0.3) is 5.91 Å². The highest BCUT2D eigenvalue weighted by molar-refractivity contribution is 5.87. The predicted molar refractivity (Wildman–Crippen MR) is 121 cm³/mol.